The Morgan fingerprint density at radius 3 is 2.18 bits per heavy atom. The van der Waals surface area contributed by atoms with E-state index in [-0.39, 0.29) is 23.0 Å². The van der Waals surface area contributed by atoms with Crippen LogP contribution in [0.5, 0.6) is 0 Å². The zero-order valence-electron chi connectivity index (χ0n) is 12.0. The molecule has 0 fully saturated rings. The second-order valence-electron chi connectivity index (χ2n) is 6.14. The zero-order valence-corrected chi connectivity index (χ0v) is 12.8. The molecule has 0 aliphatic rings. The van der Waals surface area contributed by atoms with Crippen LogP contribution in [-0.2, 0) is 9.84 Å². The minimum absolute atomic E-state index is 0.122. The van der Waals surface area contributed by atoms with Gasteiger partial charge in [0.25, 0.3) is 0 Å². The summed E-state index contributed by atoms with van der Waals surface area (Å²) in [5.41, 5.74) is 6.32. The summed E-state index contributed by atoms with van der Waals surface area (Å²) in [6.07, 6.45) is 2.46. The van der Waals surface area contributed by atoms with Crippen LogP contribution < -0.4 is 5.73 Å². The van der Waals surface area contributed by atoms with Gasteiger partial charge in [-0.3, -0.25) is 0 Å². The average Bonchev–Trinajstić information content (AvgIpc) is 2.15. The number of hydrogen-bond acceptors (Lipinski definition) is 3. The van der Waals surface area contributed by atoms with E-state index in [1.165, 1.54) is 0 Å². The van der Waals surface area contributed by atoms with Crippen LogP contribution in [0.4, 0.5) is 0 Å². The number of sulfone groups is 1. The third kappa shape index (κ3) is 7.77. The fourth-order valence-electron chi connectivity index (χ4n) is 1.64. The summed E-state index contributed by atoms with van der Waals surface area (Å²) in [6.45, 7) is 10.5. The number of rotatable bonds is 7. The molecule has 17 heavy (non-hydrogen) atoms. The Kier molecular flexibility index (Phi) is 6.70. The van der Waals surface area contributed by atoms with E-state index in [4.69, 9.17) is 5.73 Å². The van der Waals surface area contributed by atoms with Gasteiger partial charge >= 0.3 is 0 Å². The fraction of sp³-hybridized carbons (Fsp3) is 1.00. The second-order valence-corrected chi connectivity index (χ2v) is 8.61. The van der Waals surface area contributed by atoms with Crippen molar-refractivity contribution >= 4 is 9.84 Å². The van der Waals surface area contributed by atoms with Crippen LogP contribution in [-0.4, -0.2) is 26.0 Å². The molecule has 2 N–H and O–H groups in total. The zero-order chi connectivity index (χ0) is 13.7. The molecule has 104 valence electrons. The van der Waals surface area contributed by atoms with E-state index in [2.05, 4.69) is 27.7 Å². The molecule has 0 spiro atoms. The van der Waals surface area contributed by atoms with Crippen LogP contribution in [0.3, 0.4) is 0 Å². The van der Waals surface area contributed by atoms with Gasteiger partial charge in [0, 0.05) is 11.8 Å². The molecule has 0 aliphatic heterocycles. The molecular weight excluding hydrogens is 234 g/mol. The molecule has 2 atom stereocenters. The third-order valence-corrected chi connectivity index (χ3v) is 5.40. The summed E-state index contributed by atoms with van der Waals surface area (Å²) in [5.74, 6) is 1.07. The molecule has 0 saturated carbocycles. The van der Waals surface area contributed by atoms with Crippen molar-refractivity contribution < 1.29 is 8.42 Å². The highest BCUT2D eigenvalue weighted by molar-refractivity contribution is 7.91. The van der Waals surface area contributed by atoms with Crippen LogP contribution in [0.1, 0.15) is 53.9 Å². The van der Waals surface area contributed by atoms with Gasteiger partial charge in [0.2, 0.25) is 0 Å². The minimum atomic E-state index is -2.83. The van der Waals surface area contributed by atoms with Crippen LogP contribution in [0.15, 0.2) is 0 Å². The number of hydrogen-bond donors (Lipinski definition) is 1. The van der Waals surface area contributed by atoms with E-state index in [9.17, 15) is 8.42 Å². The maximum Gasteiger partial charge on any atom is 0.150 e. The first kappa shape index (κ1) is 16.9. The Balaban J connectivity index is 3.93. The lowest BCUT2D eigenvalue weighted by Gasteiger charge is -2.29. The first-order valence-electron chi connectivity index (χ1n) is 6.54. The van der Waals surface area contributed by atoms with E-state index in [0.29, 0.717) is 12.3 Å². The summed E-state index contributed by atoms with van der Waals surface area (Å²) in [4.78, 5) is 0. The van der Waals surface area contributed by atoms with Gasteiger partial charge in [-0.15, -0.1) is 0 Å². The molecular formula is C13H29NO2S. The van der Waals surface area contributed by atoms with Crippen LogP contribution in [0.25, 0.3) is 0 Å². The standard InChI is InChI=1S/C13H29NO2S/c1-6-17(15,16)9-7-8-12(14)10-11(2)13(3,4)5/h11-12H,6-10,14H2,1-5H3. The molecule has 0 amide bonds. The van der Waals surface area contributed by atoms with Crippen LogP contribution in [0.2, 0.25) is 0 Å². The van der Waals surface area contributed by atoms with Gasteiger partial charge in [-0.25, -0.2) is 8.42 Å². The molecule has 4 heteroatoms. The van der Waals surface area contributed by atoms with Crippen molar-refractivity contribution in [3.8, 4) is 0 Å². The Morgan fingerprint density at radius 1 is 1.24 bits per heavy atom. The number of nitrogens with two attached hydrogens (primary N) is 1. The highest BCUT2D eigenvalue weighted by Crippen LogP contribution is 2.29. The summed E-state index contributed by atoms with van der Waals surface area (Å²) in [5, 5.41) is 0. The molecule has 0 aromatic rings. The molecule has 0 aliphatic carbocycles. The predicted molar refractivity (Wildman–Crippen MR) is 74.8 cm³/mol. The van der Waals surface area contributed by atoms with Crippen molar-refractivity contribution in [3.05, 3.63) is 0 Å². The third-order valence-electron chi connectivity index (χ3n) is 3.60. The lowest BCUT2D eigenvalue weighted by Crippen LogP contribution is -2.29. The van der Waals surface area contributed by atoms with Crippen molar-refractivity contribution in [2.45, 2.75) is 59.9 Å². The lowest BCUT2D eigenvalue weighted by atomic mass is 9.78. The van der Waals surface area contributed by atoms with Crippen LogP contribution >= 0.6 is 0 Å². The summed E-state index contributed by atoms with van der Waals surface area (Å²) >= 11 is 0. The Labute approximate surface area is 107 Å². The predicted octanol–water partition coefficient (Wildman–Crippen LogP) is 2.60. The highest BCUT2D eigenvalue weighted by atomic mass is 32.2. The van der Waals surface area contributed by atoms with E-state index in [1.54, 1.807) is 6.92 Å². The maximum atomic E-state index is 11.3. The lowest BCUT2D eigenvalue weighted by molar-refractivity contribution is 0.230. The van der Waals surface area contributed by atoms with Crippen molar-refractivity contribution in [2.24, 2.45) is 17.1 Å². The van der Waals surface area contributed by atoms with Gasteiger partial charge in [0.15, 0.2) is 0 Å². The largest absolute Gasteiger partial charge is 0.328 e. The molecule has 2 unspecified atom stereocenters. The molecule has 0 saturated heterocycles. The van der Waals surface area contributed by atoms with E-state index >= 15 is 0 Å². The normalized spacial score (nSPS) is 16.8. The second kappa shape index (κ2) is 6.74. The van der Waals surface area contributed by atoms with E-state index < -0.39 is 9.84 Å². The van der Waals surface area contributed by atoms with Crippen LogP contribution in [0, 0.1) is 11.3 Å². The van der Waals surface area contributed by atoms with Gasteiger partial charge in [-0.1, -0.05) is 34.6 Å². The van der Waals surface area contributed by atoms with Gasteiger partial charge in [0.05, 0.1) is 5.75 Å². The van der Waals surface area contributed by atoms with E-state index in [0.717, 1.165) is 12.8 Å². The van der Waals surface area contributed by atoms with Crippen molar-refractivity contribution in [1.82, 2.24) is 0 Å². The van der Waals surface area contributed by atoms with Gasteiger partial charge in [-0.05, 0) is 30.6 Å². The maximum absolute atomic E-state index is 11.3. The van der Waals surface area contributed by atoms with Crippen molar-refractivity contribution in [1.29, 1.82) is 0 Å². The molecule has 0 aromatic carbocycles. The molecule has 0 radical (unpaired) electrons. The van der Waals surface area contributed by atoms with Gasteiger partial charge < -0.3 is 5.73 Å². The van der Waals surface area contributed by atoms with Gasteiger partial charge in [0.1, 0.15) is 9.84 Å². The first-order chi connectivity index (χ1) is 7.58. The molecule has 3 nitrogen and oxygen atoms in total. The Hall–Kier alpha value is -0.0900. The molecule has 0 rings (SSSR count). The molecule has 0 aromatic heterocycles. The highest BCUT2D eigenvalue weighted by Gasteiger charge is 2.22. The van der Waals surface area contributed by atoms with Crippen molar-refractivity contribution in [3.63, 3.8) is 0 Å². The Bertz CT molecular complexity index is 304. The van der Waals surface area contributed by atoms with Crippen molar-refractivity contribution in [2.75, 3.05) is 11.5 Å². The molecule has 0 bridgehead atoms. The smallest absolute Gasteiger partial charge is 0.150 e. The average molecular weight is 263 g/mol. The SMILES string of the molecule is CCS(=O)(=O)CCCC(N)CC(C)C(C)(C)C. The van der Waals surface area contributed by atoms with E-state index in [1.807, 2.05) is 0 Å². The topological polar surface area (TPSA) is 60.2 Å². The molecule has 0 heterocycles. The Morgan fingerprint density at radius 2 is 1.76 bits per heavy atom. The van der Waals surface area contributed by atoms with Gasteiger partial charge in [-0.2, -0.15) is 0 Å². The summed E-state index contributed by atoms with van der Waals surface area (Å²) < 4.78 is 22.6. The minimum Gasteiger partial charge on any atom is -0.328 e. The summed E-state index contributed by atoms with van der Waals surface area (Å²) in [7, 11) is -2.83. The fourth-order valence-corrected chi connectivity index (χ4v) is 2.53. The summed E-state index contributed by atoms with van der Waals surface area (Å²) in [6, 6.07) is 0.122. The monoisotopic (exact) mass is 263 g/mol. The quantitative estimate of drug-likeness (QED) is 0.768. The first-order valence-corrected chi connectivity index (χ1v) is 8.36.